The van der Waals surface area contributed by atoms with E-state index in [0.29, 0.717) is 16.1 Å². The maximum atomic E-state index is 6.28. The molecule has 0 aromatic heterocycles. The van der Waals surface area contributed by atoms with Crippen molar-refractivity contribution in [2.24, 2.45) is 0 Å². The predicted octanol–water partition coefficient (Wildman–Crippen LogP) is 5.73. The van der Waals surface area contributed by atoms with E-state index in [1.165, 1.54) is 11.1 Å². The first-order valence-electron chi connectivity index (χ1n) is 6.61. The van der Waals surface area contributed by atoms with Crippen LogP contribution in [0.2, 0.25) is 10.0 Å². The van der Waals surface area contributed by atoms with Crippen LogP contribution in [0.25, 0.3) is 0 Å². The first kappa shape index (κ1) is 14.2. The molecule has 0 saturated carbocycles. The Balaban J connectivity index is 1.80. The number of fused-ring (bicyclic) bond motifs is 1. The minimum Gasteiger partial charge on any atom is -0.380 e. The van der Waals surface area contributed by atoms with Crippen molar-refractivity contribution >= 4 is 44.8 Å². The fourth-order valence-corrected chi connectivity index (χ4v) is 4.02. The van der Waals surface area contributed by atoms with E-state index in [1.807, 2.05) is 12.1 Å². The zero-order chi connectivity index (χ0) is 14.1. The fraction of sp³-hybridized carbons (Fsp3) is 0.250. The summed E-state index contributed by atoms with van der Waals surface area (Å²) in [4.78, 5) is 0. The number of nitrogens with one attached hydrogen (secondary N) is 1. The Bertz CT molecular complexity index is 619. The average molecular weight is 371 g/mol. The highest BCUT2D eigenvalue weighted by atomic mass is 79.9. The highest BCUT2D eigenvalue weighted by molar-refractivity contribution is 9.10. The maximum Gasteiger partial charge on any atom is 0.0722 e. The quantitative estimate of drug-likeness (QED) is 0.712. The largest absolute Gasteiger partial charge is 0.380 e. The van der Waals surface area contributed by atoms with Crippen LogP contribution in [0.15, 0.2) is 40.9 Å². The van der Waals surface area contributed by atoms with Gasteiger partial charge in [-0.1, -0.05) is 63.4 Å². The van der Waals surface area contributed by atoms with Gasteiger partial charge in [0.2, 0.25) is 0 Å². The van der Waals surface area contributed by atoms with Gasteiger partial charge in [-0.05, 0) is 42.5 Å². The van der Waals surface area contributed by atoms with Gasteiger partial charge in [0.25, 0.3) is 0 Å². The lowest BCUT2D eigenvalue weighted by Crippen LogP contribution is -2.27. The van der Waals surface area contributed by atoms with Gasteiger partial charge in [-0.15, -0.1) is 0 Å². The molecule has 0 amide bonds. The van der Waals surface area contributed by atoms with E-state index in [0.717, 1.165) is 29.4 Å². The van der Waals surface area contributed by atoms with Crippen LogP contribution in [0.5, 0.6) is 0 Å². The molecule has 1 N–H and O–H groups in total. The van der Waals surface area contributed by atoms with E-state index in [2.05, 4.69) is 45.5 Å². The normalized spacial score (nSPS) is 17.6. The molecule has 20 heavy (non-hydrogen) atoms. The second-order valence-electron chi connectivity index (χ2n) is 5.10. The van der Waals surface area contributed by atoms with Gasteiger partial charge in [-0.3, -0.25) is 0 Å². The minimum absolute atomic E-state index is 0.376. The molecule has 2 aromatic carbocycles. The van der Waals surface area contributed by atoms with Crippen LogP contribution >= 0.6 is 39.1 Å². The van der Waals surface area contributed by atoms with E-state index in [1.54, 1.807) is 0 Å². The Hall–Kier alpha value is -0.700. The van der Waals surface area contributed by atoms with E-state index in [4.69, 9.17) is 23.2 Å². The Morgan fingerprint density at radius 3 is 2.40 bits per heavy atom. The zero-order valence-corrected chi connectivity index (χ0v) is 13.9. The monoisotopic (exact) mass is 369 g/mol. The molecule has 4 heteroatoms. The summed E-state index contributed by atoms with van der Waals surface area (Å²) in [7, 11) is 0. The van der Waals surface area contributed by atoms with Gasteiger partial charge in [0, 0.05) is 10.5 Å². The van der Waals surface area contributed by atoms with Crippen LogP contribution in [-0.4, -0.2) is 6.04 Å². The van der Waals surface area contributed by atoms with Crippen LogP contribution in [0.3, 0.4) is 0 Å². The Morgan fingerprint density at radius 2 is 1.70 bits per heavy atom. The number of anilines is 1. The van der Waals surface area contributed by atoms with Gasteiger partial charge in [0.05, 0.1) is 15.7 Å². The first-order chi connectivity index (χ1) is 9.63. The molecule has 0 aliphatic heterocycles. The van der Waals surface area contributed by atoms with Gasteiger partial charge < -0.3 is 5.32 Å². The molecule has 0 spiro atoms. The molecule has 1 unspecified atom stereocenters. The average Bonchev–Trinajstić information content (AvgIpc) is 2.42. The summed E-state index contributed by atoms with van der Waals surface area (Å²) >= 11 is 16.0. The third-order valence-electron chi connectivity index (χ3n) is 3.70. The molecule has 104 valence electrons. The van der Waals surface area contributed by atoms with Crippen molar-refractivity contribution in [1.82, 2.24) is 0 Å². The summed E-state index contributed by atoms with van der Waals surface area (Å²) in [5, 5.41) is 4.81. The van der Waals surface area contributed by atoms with Crippen LogP contribution < -0.4 is 5.32 Å². The van der Waals surface area contributed by atoms with Crippen molar-refractivity contribution < 1.29 is 0 Å². The summed E-state index contributed by atoms with van der Waals surface area (Å²) in [6.45, 7) is 0. The molecule has 2 aromatic rings. The molecule has 0 radical (unpaired) electrons. The minimum atomic E-state index is 0.376. The third-order valence-corrected chi connectivity index (χ3v) is 4.76. The smallest absolute Gasteiger partial charge is 0.0722 e. The van der Waals surface area contributed by atoms with Crippen molar-refractivity contribution in [2.45, 2.75) is 25.3 Å². The summed E-state index contributed by atoms with van der Waals surface area (Å²) in [5.74, 6) is 0. The molecule has 0 saturated heterocycles. The Labute approximate surface area is 137 Å². The summed E-state index contributed by atoms with van der Waals surface area (Å²) < 4.78 is 0.895. The van der Waals surface area contributed by atoms with Gasteiger partial charge in [0.1, 0.15) is 0 Å². The van der Waals surface area contributed by atoms with Crippen LogP contribution in [0.4, 0.5) is 5.69 Å². The summed E-state index contributed by atoms with van der Waals surface area (Å²) in [5.41, 5.74) is 3.71. The fourth-order valence-electron chi connectivity index (χ4n) is 2.71. The molecule has 0 bridgehead atoms. The van der Waals surface area contributed by atoms with E-state index >= 15 is 0 Å². The van der Waals surface area contributed by atoms with Crippen LogP contribution in [0.1, 0.15) is 17.5 Å². The van der Waals surface area contributed by atoms with Crippen LogP contribution in [-0.2, 0) is 12.8 Å². The van der Waals surface area contributed by atoms with Crippen molar-refractivity contribution in [3.05, 3.63) is 62.0 Å². The number of rotatable bonds is 2. The van der Waals surface area contributed by atoms with Crippen molar-refractivity contribution in [3.63, 3.8) is 0 Å². The first-order valence-corrected chi connectivity index (χ1v) is 8.16. The SMILES string of the molecule is Clc1cc(Br)cc(Cl)c1NC1CCc2ccccc2C1. The molecule has 1 atom stereocenters. The standard InChI is InChI=1S/C16H14BrCl2N/c17-12-8-14(18)16(15(19)9-12)20-13-6-5-10-3-1-2-4-11(10)7-13/h1-4,8-9,13,20H,5-7H2. The number of hydrogen-bond donors (Lipinski definition) is 1. The van der Waals surface area contributed by atoms with Crippen molar-refractivity contribution in [2.75, 3.05) is 5.32 Å². The molecular weight excluding hydrogens is 357 g/mol. The predicted molar refractivity (Wildman–Crippen MR) is 90.0 cm³/mol. The Kier molecular flexibility index (Phi) is 4.25. The van der Waals surface area contributed by atoms with Gasteiger partial charge in [0.15, 0.2) is 0 Å². The van der Waals surface area contributed by atoms with E-state index in [9.17, 15) is 0 Å². The van der Waals surface area contributed by atoms with Crippen molar-refractivity contribution in [3.8, 4) is 0 Å². The lowest BCUT2D eigenvalue weighted by molar-refractivity contribution is 0.611. The van der Waals surface area contributed by atoms with E-state index in [-0.39, 0.29) is 0 Å². The lowest BCUT2D eigenvalue weighted by atomic mass is 9.88. The number of hydrogen-bond acceptors (Lipinski definition) is 1. The Morgan fingerprint density at radius 1 is 1.05 bits per heavy atom. The second kappa shape index (κ2) is 5.97. The molecule has 3 rings (SSSR count). The molecule has 1 aliphatic carbocycles. The molecule has 1 aliphatic rings. The molecule has 1 nitrogen and oxygen atoms in total. The number of halogens is 3. The molecule has 0 heterocycles. The van der Waals surface area contributed by atoms with Gasteiger partial charge in [-0.25, -0.2) is 0 Å². The van der Waals surface area contributed by atoms with Crippen LogP contribution in [0, 0.1) is 0 Å². The van der Waals surface area contributed by atoms with Crippen molar-refractivity contribution in [1.29, 1.82) is 0 Å². The molecular formula is C16H14BrCl2N. The number of aryl methyl sites for hydroxylation is 1. The molecule has 0 fully saturated rings. The number of benzene rings is 2. The summed E-state index contributed by atoms with van der Waals surface area (Å²) in [6.07, 6.45) is 3.21. The highest BCUT2D eigenvalue weighted by Crippen LogP contribution is 2.35. The van der Waals surface area contributed by atoms with E-state index < -0.39 is 0 Å². The second-order valence-corrected chi connectivity index (χ2v) is 6.83. The maximum absolute atomic E-state index is 6.28. The highest BCUT2D eigenvalue weighted by Gasteiger charge is 2.20. The van der Waals surface area contributed by atoms with Gasteiger partial charge >= 0.3 is 0 Å². The third kappa shape index (κ3) is 2.98. The van der Waals surface area contributed by atoms with Gasteiger partial charge in [-0.2, -0.15) is 0 Å². The summed E-state index contributed by atoms with van der Waals surface area (Å²) in [6, 6.07) is 12.7. The zero-order valence-electron chi connectivity index (χ0n) is 10.8. The lowest BCUT2D eigenvalue weighted by Gasteiger charge is -2.27. The topological polar surface area (TPSA) is 12.0 Å².